The van der Waals surface area contributed by atoms with E-state index < -0.39 is 14.4 Å². The van der Waals surface area contributed by atoms with Crippen molar-refractivity contribution in [3.05, 3.63) is 11.1 Å². The molecule has 0 aromatic heterocycles. The molecule has 2 atom stereocenters. The van der Waals surface area contributed by atoms with E-state index in [4.69, 9.17) is 9.16 Å². The monoisotopic (exact) mass is 300 g/mol. The fraction of sp³-hybridized carbons (Fsp3) is 0.800. The van der Waals surface area contributed by atoms with Gasteiger partial charge in [-0.2, -0.15) is 0 Å². The Labute approximate surface area is 123 Å². The second-order valence-corrected chi connectivity index (χ2v) is 11.7. The maximum atomic E-state index is 11.9. The molecule has 0 radical (unpaired) electrons. The van der Waals surface area contributed by atoms with Gasteiger partial charge in [-0.3, -0.25) is 0 Å². The van der Waals surface area contributed by atoms with Crippen LogP contribution < -0.4 is 0 Å². The van der Waals surface area contributed by atoms with Crippen LogP contribution in [0.5, 0.6) is 0 Å². The average Bonchev–Trinajstić information content (AvgIpc) is 2.56. The highest BCUT2D eigenvalue weighted by atomic mass is 28.4. The summed E-state index contributed by atoms with van der Waals surface area (Å²) in [5.74, 6) is -0.328. The van der Waals surface area contributed by atoms with Gasteiger partial charge in [-0.25, -0.2) is 4.79 Å². The molecule has 1 aliphatic carbocycles. The van der Waals surface area contributed by atoms with Gasteiger partial charge in [0.1, 0.15) is 6.10 Å². The number of esters is 1. The first kappa shape index (κ1) is 17.4. The standard InChI is InChI=1S/C15H28O4Si/c1-8-18-14(17)11-9-12(13(16)10(11)2)19-20(6,7)15(3,4)5/h12-13,16H,8-9H2,1-7H3/t12-,13-/m1/s1. The van der Waals surface area contributed by atoms with E-state index in [9.17, 15) is 9.90 Å². The Balaban J connectivity index is 2.82. The van der Waals surface area contributed by atoms with Gasteiger partial charge in [0.15, 0.2) is 8.32 Å². The molecule has 0 aliphatic heterocycles. The van der Waals surface area contributed by atoms with Crippen LogP contribution in [0.4, 0.5) is 0 Å². The molecule has 0 aromatic carbocycles. The molecule has 0 spiro atoms. The topological polar surface area (TPSA) is 55.8 Å². The minimum atomic E-state index is -1.96. The zero-order chi connectivity index (χ0) is 15.7. The van der Waals surface area contributed by atoms with E-state index in [1.807, 2.05) is 0 Å². The molecule has 20 heavy (non-hydrogen) atoms. The molecule has 4 nitrogen and oxygen atoms in total. The van der Waals surface area contributed by atoms with Crippen molar-refractivity contribution in [2.24, 2.45) is 0 Å². The van der Waals surface area contributed by atoms with Crippen molar-refractivity contribution in [1.82, 2.24) is 0 Å². The van der Waals surface area contributed by atoms with Crippen LogP contribution in [0.2, 0.25) is 18.1 Å². The lowest BCUT2D eigenvalue weighted by atomic mass is 10.1. The van der Waals surface area contributed by atoms with Crippen LogP contribution >= 0.6 is 0 Å². The number of rotatable bonds is 4. The predicted octanol–water partition coefficient (Wildman–Crippen LogP) is 3.02. The molecule has 0 saturated heterocycles. The van der Waals surface area contributed by atoms with Crippen molar-refractivity contribution in [2.45, 2.75) is 71.4 Å². The second kappa shape index (κ2) is 5.99. The zero-order valence-corrected chi connectivity index (χ0v) is 14.7. The number of ether oxygens (including phenoxy) is 1. The maximum absolute atomic E-state index is 11.9. The third-order valence-electron chi connectivity index (χ3n) is 4.45. The van der Waals surface area contributed by atoms with Gasteiger partial charge >= 0.3 is 5.97 Å². The van der Waals surface area contributed by atoms with Crippen LogP contribution in [0.3, 0.4) is 0 Å². The summed E-state index contributed by atoms with van der Waals surface area (Å²) in [5, 5.41) is 10.4. The second-order valence-electron chi connectivity index (χ2n) is 6.95. The van der Waals surface area contributed by atoms with Crippen molar-refractivity contribution < 1.29 is 19.1 Å². The van der Waals surface area contributed by atoms with Crippen molar-refractivity contribution in [3.63, 3.8) is 0 Å². The number of hydrogen-bond acceptors (Lipinski definition) is 4. The lowest BCUT2D eigenvalue weighted by Gasteiger charge is -2.39. The van der Waals surface area contributed by atoms with E-state index in [0.29, 0.717) is 24.2 Å². The number of hydrogen-bond donors (Lipinski definition) is 1. The van der Waals surface area contributed by atoms with Crippen LogP contribution in [0, 0.1) is 0 Å². The molecule has 0 saturated carbocycles. The van der Waals surface area contributed by atoms with Gasteiger partial charge in [0.2, 0.25) is 0 Å². The first-order chi connectivity index (χ1) is 9.01. The number of carbonyl (C=O) groups is 1. The first-order valence-corrected chi connectivity index (χ1v) is 10.1. The molecule has 5 heteroatoms. The summed E-state index contributed by atoms with van der Waals surface area (Å²) in [6, 6.07) is 0. The number of aliphatic hydroxyl groups is 1. The fourth-order valence-corrected chi connectivity index (χ4v) is 3.38. The summed E-state index contributed by atoms with van der Waals surface area (Å²) in [4.78, 5) is 11.9. The Morgan fingerprint density at radius 2 is 1.95 bits per heavy atom. The van der Waals surface area contributed by atoms with Gasteiger partial charge in [-0.05, 0) is 37.6 Å². The number of carbonyl (C=O) groups excluding carboxylic acids is 1. The van der Waals surface area contributed by atoms with Crippen LogP contribution in [0.25, 0.3) is 0 Å². The lowest BCUT2D eigenvalue weighted by Crippen LogP contribution is -2.46. The van der Waals surface area contributed by atoms with Gasteiger partial charge < -0.3 is 14.3 Å². The fourth-order valence-electron chi connectivity index (χ4n) is 2.06. The summed E-state index contributed by atoms with van der Waals surface area (Å²) in [6.45, 7) is 14.7. The van der Waals surface area contributed by atoms with Crippen molar-refractivity contribution in [1.29, 1.82) is 0 Å². The Hall–Kier alpha value is -0.653. The Morgan fingerprint density at radius 3 is 2.40 bits per heavy atom. The van der Waals surface area contributed by atoms with Gasteiger partial charge in [0.25, 0.3) is 0 Å². The average molecular weight is 300 g/mol. The molecule has 0 fully saturated rings. The van der Waals surface area contributed by atoms with E-state index in [-0.39, 0.29) is 17.1 Å². The summed E-state index contributed by atoms with van der Waals surface area (Å²) in [5.41, 5.74) is 1.26. The Morgan fingerprint density at radius 1 is 1.40 bits per heavy atom. The Bertz CT molecular complexity index is 407. The summed E-state index contributed by atoms with van der Waals surface area (Å²) >= 11 is 0. The SMILES string of the molecule is CCOC(=O)C1=C(C)[C@@H](O)[C@H](O[Si](C)(C)C(C)(C)C)C1. The van der Waals surface area contributed by atoms with Gasteiger partial charge in [-0.1, -0.05) is 20.8 Å². The normalized spacial score (nSPS) is 24.2. The van der Waals surface area contributed by atoms with Crippen molar-refractivity contribution >= 4 is 14.3 Å². The molecule has 0 amide bonds. The minimum Gasteiger partial charge on any atom is -0.463 e. The van der Waals surface area contributed by atoms with Crippen molar-refractivity contribution in [2.75, 3.05) is 6.61 Å². The summed E-state index contributed by atoms with van der Waals surface area (Å²) in [7, 11) is -1.96. The molecular weight excluding hydrogens is 272 g/mol. The third-order valence-corrected chi connectivity index (χ3v) is 8.96. The van der Waals surface area contributed by atoms with E-state index >= 15 is 0 Å². The highest BCUT2D eigenvalue weighted by molar-refractivity contribution is 6.74. The number of aliphatic hydroxyl groups excluding tert-OH is 1. The molecule has 0 heterocycles. The third kappa shape index (κ3) is 3.51. The molecular formula is C15H28O4Si. The largest absolute Gasteiger partial charge is 0.463 e. The summed E-state index contributed by atoms with van der Waals surface area (Å²) < 4.78 is 11.3. The van der Waals surface area contributed by atoms with E-state index in [1.54, 1.807) is 13.8 Å². The Kier molecular flexibility index (Phi) is 5.22. The molecule has 116 valence electrons. The zero-order valence-electron chi connectivity index (χ0n) is 13.7. The van der Waals surface area contributed by atoms with Crippen LogP contribution in [-0.2, 0) is 14.0 Å². The van der Waals surface area contributed by atoms with E-state index in [1.165, 1.54) is 0 Å². The highest BCUT2D eigenvalue weighted by Gasteiger charge is 2.44. The molecule has 0 unspecified atom stereocenters. The van der Waals surface area contributed by atoms with Gasteiger partial charge in [0, 0.05) is 12.0 Å². The minimum absolute atomic E-state index is 0.0767. The van der Waals surface area contributed by atoms with Crippen LogP contribution in [-0.4, -0.2) is 38.2 Å². The van der Waals surface area contributed by atoms with Crippen LogP contribution in [0.1, 0.15) is 41.0 Å². The van der Waals surface area contributed by atoms with Gasteiger partial charge in [0.05, 0.1) is 12.7 Å². The molecule has 0 aromatic rings. The van der Waals surface area contributed by atoms with E-state index in [2.05, 4.69) is 33.9 Å². The molecule has 1 rings (SSSR count). The lowest BCUT2D eigenvalue weighted by molar-refractivity contribution is -0.138. The summed E-state index contributed by atoms with van der Waals surface area (Å²) in [6.07, 6.45) is -0.586. The smallest absolute Gasteiger partial charge is 0.334 e. The molecule has 1 aliphatic rings. The molecule has 1 N–H and O–H groups in total. The van der Waals surface area contributed by atoms with Crippen LogP contribution in [0.15, 0.2) is 11.1 Å². The van der Waals surface area contributed by atoms with Gasteiger partial charge in [-0.15, -0.1) is 0 Å². The predicted molar refractivity (Wildman–Crippen MR) is 82.0 cm³/mol. The van der Waals surface area contributed by atoms with Crippen molar-refractivity contribution in [3.8, 4) is 0 Å². The first-order valence-electron chi connectivity index (χ1n) is 7.24. The maximum Gasteiger partial charge on any atom is 0.334 e. The van der Waals surface area contributed by atoms with E-state index in [0.717, 1.165) is 0 Å². The molecule has 0 bridgehead atoms. The quantitative estimate of drug-likeness (QED) is 0.640. The highest BCUT2D eigenvalue weighted by Crippen LogP contribution is 2.40.